The molecule has 0 aliphatic carbocycles. The van der Waals surface area contributed by atoms with Crippen LogP contribution in [0.5, 0.6) is 0 Å². The Labute approximate surface area is 244 Å². The van der Waals surface area contributed by atoms with Gasteiger partial charge in [-0.1, -0.05) is 55.3 Å². The van der Waals surface area contributed by atoms with Crippen molar-refractivity contribution in [3.8, 4) is 11.1 Å². The van der Waals surface area contributed by atoms with Crippen LogP contribution >= 0.6 is 0 Å². The van der Waals surface area contributed by atoms with Gasteiger partial charge in [0.2, 0.25) is 0 Å². The number of carbonyl (C=O) groups excluding carboxylic acids is 1. The van der Waals surface area contributed by atoms with Crippen molar-refractivity contribution < 1.29 is 22.4 Å². The second kappa shape index (κ2) is 12.0. The summed E-state index contributed by atoms with van der Waals surface area (Å²) in [4.78, 5) is 20.5. The highest BCUT2D eigenvalue weighted by atomic mass is 19.4. The van der Waals surface area contributed by atoms with Gasteiger partial charge >= 0.3 is 6.18 Å². The summed E-state index contributed by atoms with van der Waals surface area (Å²) in [5.41, 5.74) is 2.38. The molecule has 1 atom stereocenters. The van der Waals surface area contributed by atoms with Crippen LogP contribution in [0.2, 0.25) is 0 Å². The van der Waals surface area contributed by atoms with Gasteiger partial charge < -0.3 is 15.1 Å². The number of anilines is 1. The fraction of sp³-hybridized carbons (Fsp3) is 0.455. The molecule has 0 saturated carbocycles. The zero-order valence-electron chi connectivity index (χ0n) is 24.4. The van der Waals surface area contributed by atoms with Crippen LogP contribution in [0.3, 0.4) is 0 Å². The summed E-state index contributed by atoms with van der Waals surface area (Å²) in [6, 6.07) is 14.4. The SMILES string of the molecule is CCCC(C)N1Cc2cc(CNCC3(F)CCN(c4ncc(-c5cccc(C)c5)cc4C(F)(F)F)CC3)ccc2C1=O. The fourth-order valence-corrected chi connectivity index (χ4v) is 6.06. The molecule has 2 aliphatic heterocycles. The number of carbonyl (C=O) groups is 1. The minimum Gasteiger partial charge on any atom is -0.356 e. The first-order valence-corrected chi connectivity index (χ1v) is 14.7. The third-order valence-corrected chi connectivity index (χ3v) is 8.49. The maximum absolute atomic E-state index is 15.7. The van der Waals surface area contributed by atoms with E-state index in [2.05, 4.69) is 24.1 Å². The van der Waals surface area contributed by atoms with E-state index in [1.807, 2.05) is 42.2 Å². The molecule has 1 aromatic heterocycles. The highest BCUT2D eigenvalue weighted by Gasteiger charge is 2.40. The number of aromatic nitrogens is 1. The Morgan fingerprint density at radius 3 is 2.52 bits per heavy atom. The molecule has 42 heavy (non-hydrogen) atoms. The molecule has 3 aromatic rings. The maximum Gasteiger partial charge on any atom is 0.419 e. The molecule has 2 aromatic carbocycles. The van der Waals surface area contributed by atoms with Crippen LogP contribution in [0.1, 0.15) is 72.1 Å². The molecular formula is C33H38F4N4O. The highest BCUT2D eigenvalue weighted by Crippen LogP contribution is 2.40. The van der Waals surface area contributed by atoms with Gasteiger partial charge in [-0.25, -0.2) is 9.37 Å². The van der Waals surface area contributed by atoms with Crippen LogP contribution in [-0.4, -0.2) is 47.1 Å². The maximum atomic E-state index is 15.7. The molecule has 0 bridgehead atoms. The van der Waals surface area contributed by atoms with E-state index in [0.717, 1.165) is 41.2 Å². The average molecular weight is 583 g/mol. The number of benzene rings is 2. The molecule has 1 fully saturated rings. The number of pyridine rings is 1. The summed E-state index contributed by atoms with van der Waals surface area (Å²) in [6.45, 7) is 7.49. The standard InChI is InChI=1S/C33H38F4N4O/c1-4-6-23(3)41-20-27-16-24(9-10-28(27)31(41)42)18-38-21-32(34)11-13-40(14-12-32)30-29(33(35,36)37)17-26(19-39-30)25-8-5-7-22(2)15-25/h5,7-10,15-17,19,23,38H,4,6,11-14,18,20-21H2,1-3H3. The fourth-order valence-electron chi connectivity index (χ4n) is 6.06. The van der Waals surface area contributed by atoms with E-state index in [1.54, 1.807) is 17.0 Å². The lowest BCUT2D eigenvalue weighted by Crippen LogP contribution is -2.47. The quantitative estimate of drug-likeness (QED) is 0.269. The first-order chi connectivity index (χ1) is 20.0. The van der Waals surface area contributed by atoms with Crippen molar-refractivity contribution in [1.82, 2.24) is 15.2 Å². The Hall–Kier alpha value is -3.46. The predicted molar refractivity (Wildman–Crippen MR) is 157 cm³/mol. The van der Waals surface area contributed by atoms with E-state index in [1.165, 1.54) is 6.20 Å². The van der Waals surface area contributed by atoms with Crippen molar-refractivity contribution in [3.05, 3.63) is 82.5 Å². The van der Waals surface area contributed by atoms with Crippen molar-refractivity contribution in [2.24, 2.45) is 0 Å². The number of halogens is 4. The Balaban J connectivity index is 1.19. The first-order valence-electron chi connectivity index (χ1n) is 14.7. The third-order valence-electron chi connectivity index (χ3n) is 8.49. The van der Waals surface area contributed by atoms with E-state index in [4.69, 9.17) is 0 Å². The summed E-state index contributed by atoms with van der Waals surface area (Å²) in [5.74, 6) is -0.0863. The minimum atomic E-state index is -4.58. The Kier molecular flexibility index (Phi) is 8.60. The number of nitrogens with one attached hydrogen (secondary N) is 1. The molecule has 1 saturated heterocycles. The molecule has 5 rings (SSSR count). The van der Waals surface area contributed by atoms with Gasteiger partial charge in [0.15, 0.2) is 0 Å². The number of rotatable bonds is 9. The number of nitrogens with zero attached hydrogens (tertiary/aromatic N) is 3. The second-order valence-electron chi connectivity index (χ2n) is 11.8. The monoisotopic (exact) mass is 582 g/mol. The minimum absolute atomic E-state index is 0.0629. The van der Waals surface area contributed by atoms with Crippen molar-refractivity contribution in [1.29, 1.82) is 0 Å². The number of alkyl halides is 4. The lowest BCUT2D eigenvalue weighted by molar-refractivity contribution is -0.137. The largest absolute Gasteiger partial charge is 0.419 e. The molecule has 2 aliphatic rings. The Bertz CT molecular complexity index is 1430. The van der Waals surface area contributed by atoms with E-state index in [9.17, 15) is 18.0 Å². The third kappa shape index (κ3) is 6.46. The van der Waals surface area contributed by atoms with E-state index < -0.39 is 17.4 Å². The van der Waals surface area contributed by atoms with Crippen LogP contribution in [-0.2, 0) is 19.3 Å². The van der Waals surface area contributed by atoms with Crippen LogP contribution in [0, 0.1) is 6.92 Å². The van der Waals surface area contributed by atoms with E-state index in [-0.39, 0.29) is 50.2 Å². The summed E-state index contributed by atoms with van der Waals surface area (Å²) < 4.78 is 58.0. The Morgan fingerprint density at radius 1 is 1.07 bits per heavy atom. The lowest BCUT2D eigenvalue weighted by Gasteiger charge is -2.38. The number of amides is 1. The van der Waals surface area contributed by atoms with Gasteiger partial charge in [-0.05, 0) is 49.1 Å². The molecule has 3 heterocycles. The van der Waals surface area contributed by atoms with E-state index >= 15 is 4.39 Å². The second-order valence-corrected chi connectivity index (χ2v) is 11.8. The smallest absolute Gasteiger partial charge is 0.356 e. The number of fused-ring (bicyclic) bond motifs is 1. The first kappa shape index (κ1) is 30.0. The summed E-state index contributed by atoms with van der Waals surface area (Å²) in [6.07, 6.45) is -0.954. The molecule has 1 unspecified atom stereocenters. The normalized spacial score (nSPS) is 17.5. The molecule has 1 amide bonds. The molecule has 5 nitrogen and oxygen atoms in total. The molecule has 9 heteroatoms. The summed E-state index contributed by atoms with van der Waals surface area (Å²) in [7, 11) is 0. The van der Waals surface area contributed by atoms with Crippen molar-refractivity contribution >= 4 is 11.7 Å². The van der Waals surface area contributed by atoms with Gasteiger partial charge in [-0.3, -0.25) is 4.79 Å². The van der Waals surface area contributed by atoms with Gasteiger partial charge in [0.25, 0.3) is 5.91 Å². The molecular weight excluding hydrogens is 544 g/mol. The van der Waals surface area contributed by atoms with Crippen molar-refractivity contribution in [2.75, 3.05) is 24.5 Å². The van der Waals surface area contributed by atoms with Crippen LogP contribution in [0.15, 0.2) is 54.7 Å². The topological polar surface area (TPSA) is 48.5 Å². The Morgan fingerprint density at radius 2 is 1.83 bits per heavy atom. The zero-order chi connectivity index (χ0) is 30.1. The molecule has 1 N–H and O–H groups in total. The molecule has 0 radical (unpaired) electrons. The number of hydrogen-bond donors (Lipinski definition) is 1. The highest BCUT2D eigenvalue weighted by molar-refractivity contribution is 5.98. The van der Waals surface area contributed by atoms with Gasteiger partial charge in [-0.15, -0.1) is 0 Å². The van der Waals surface area contributed by atoms with Crippen LogP contribution < -0.4 is 10.2 Å². The number of piperidine rings is 1. The predicted octanol–water partition coefficient (Wildman–Crippen LogP) is 7.32. The summed E-state index contributed by atoms with van der Waals surface area (Å²) >= 11 is 0. The van der Waals surface area contributed by atoms with Crippen molar-refractivity contribution in [2.45, 2.75) is 77.4 Å². The number of aryl methyl sites for hydroxylation is 1. The van der Waals surface area contributed by atoms with E-state index in [0.29, 0.717) is 24.2 Å². The summed E-state index contributed by atoms with van der Waals surface area (Å²) in [5, 5.41) is 3.20. The van der Waals surface area contributed by atoms with Crippen molar-refractivity contribution in [3.63, 3.8) is 0 Å². The van der Waals surface area contributed by atoms with Gasteiger partial charge in [-0.2, -0.15) is 13.2 Å². The lowest BCUT2D eigenvalue weighted by atomic mass is 9.92. The van der Waals surface area contributed by atoms with Gasteiger partial charge in [0.1, 0.15) is 11.5 Å². The zero-order valence-corrected chi connectivity index (χ0v) is 24.4. The molecule has 224 valence electrons. The van der Waals surface area contributed by atoms with Crippen LogP contribution in [0.4, 0.5) is 23.4 Å². The molecule has 0 spiro atoms. The number of hydrogen-bond acceptors (Lipinski definition) is 4. The van der Waals surface area contributed by atoms with Crippen LogP contribution in [0.25, 0.3) is 11.1 Å². The average Bonchev–Trinajstić information content (AvgIpc) is 3.28. The van der Waals surface area contributed by atoms with Gasteiger partial charge in [0, 0.05) is 68.9 Å². The van der Waals surface area contributed by atoms with Gasteiger partial charge in [0.05, 0.1) is 5.56 Å².